The highest BCUT2D eigenvalue weighted by atomic mass is 16.5. The van der Waals surface area contributed by atoms with Gasteiger partial charge in [0, 0.05) is 0 Å². The van der Waals surface area contributed by atoms with Gasteiger partial charge in [0.2, 0.25) is 0 Å². The summed E-state index contributed by atoms with van der Waals surface area (Å²) in [5, 5.41) is 5.18. The molecule has 5 nitrogen and oxygen atoms in total. The molecule has 0 N–H and O–H groups in total. The van der Waals surface area contributed by atoms with Crippen LogP contribution < -0.4 is 4.74 Å². The fourth-order valence-corrected chi connectivity index (χ4v) is 3.93. The Hall–Kier alpha value is -2.87. The van der Waals surface area contributed by atoms with Gasteiger partial charge in [0.05, 0.1) is 18.1 Å². The summed E-state index contributed by atoms with van der Waals surface area (Å²) in [6, 6.07) is 7.18. The van der Waals surface area contributed by atoms with Crippen LogP contribution in [0.25, 0.3) is 0 Å². The number of amides is 2. The summed E-state index contributed by atoms with van der Waals surface area (Å²) < 4.78 is 5.35. The summed E-state index contributed by atoms with van der Waals surface area (Å²) in [5.41, 5.74) is 0.739. The van der Waals surface area contributed by atoms with Crippen LogP contribution in [0.4, 0.5) is 0 Å². The number of carbonyl (C=O) groups is 2. The molecule has 120 valence electrons. The van der Waals surface area contributed by atoms with Crippen LogP contribution in [0.3, 0.4) is 0 Å². The van der Waals surface area contributed by atoms with Crippen molar-refractivity contribution < 1.29 is 14.3 Å². The molecule has 5 heteroatoms. The quantitative estimate of drug-likeness (QED) is 0.368. The number of hydrogen-bond donors (Lipinski definition) is 0. The molecule has 1 aromatic carbocycles. The molecule has 2 fully saturated rings. The lowest BCUT2D eigenvalue weighted by atomic mass is 9.85. The number of benzene rings is 1. The van der Waals surface area contributed by atoms with Gasteiger partial charge in [-0.25, -0.2) is 0 Å². The summed E-state index contributed by atoms with van der Waals surface area (Å²) in [5.74, 6) is 2.59. The maximum Gasteiger partial charge on any atom is 0.254 e. The van der Waals surface area contributed by atoms with Gasteiger partial charge in [-0.3, -0.25) is 9.59 Å². The molecule has 0 radical (unpaired) electrons. The first-order valence-corrected chi connectivity index (χ1v) is 7.95. The lowest BCUT2D eigenvalue weighted by molar-refractivity contribution is -0.140. The number of fused-ring (bicyclic) bond motifs is 5. The van der Waals surface area contributed by atoms with Crippen molar-refractivity contribution in [2.24, 2.45) is 28.8 Å². The summed E-state index contributed by atoms with van der Waals surface area (Å²) in [6.07, 6.45) is 11.7. The van der Waals surface area contributed by atoms with E-state index < -0.39 is 0 Å². The molecule has 2 bridgehead atoms. The second-order valence-electron chi connectivity index (χ2n) is 6.30. The van der Waals surface area contributed by atoms with E-state index >= 15 is 0 Å². The number of rotatable bonds is 4. The third kappa shape index (κ3) is 2.23. The van der Waals surface area contributed by atoms with Gasteiger partial charge in [0.25, 0.3) is 11.8 Å². The molecule has 1 aliphatic heterocycles. The number of imide groups is 1. The third-order valence-electron chi connectivity index (χ3n) is 4.95. The van der Waals surface area contributed by atoms with Crippen LogP contribution in [0, 0.1) is 36.0 Å². The molecule has 1 saturated carbocycles. The van der Waals surface area contributed by atoms with E-state index in [-0.39, 0.29) is 42.1 Å². The van der Waals surface area contributed by atoms with E-state index in [0.29, 0.717) is 5.75 Å². The summed E-state index contributed by atoms with van der Waals surface area (Å²) in [4.78, 5) is 25.1. The Bertz CT molecular complexity index is 775. The molecule has 4 atom stereocenters. The van der Waals surface area contributed by atoms with E-state index in [4.69, 9.17) is 11.2 Å². The zero-order chi connectivity index (χ0) is 16.7. The lowest BCUT2D eigenvalue weighted by Gasteiger charge is -2.13. The minimum atomic E-state index is -0.227. The smallest absolute Gasteiger partial charge is 0.254 e. The standard InChI is InChI=1S/C19H16N2O3/c1-2-8-24-15-5-3-4-12(9-15)11-20-21-18(22)16-13-6-7-14(10-13)17(16)19(21)23/h1,3-7,9,11,13-14,16-17H,8,10H2/t13-,14-,16-,17+/m0/s1. The van der Waals surface area contributed by atoms with E-state index in [2.05, 4.69) is 23.2 Å². The molecule has 0 unspecified atom stereocenters. The van der Waals surface area contributed by atoms with E-state index in [0.717, 1.165) is 17.0 Å². The van der Waals surface area contributed by atoms with Crippen molar-refractivity contribution in [2.75, 3.05) is 6.61 Å². The van der Waals surface area contributed by atoms with Crippen LogP contribution in [-0.4, -0.2) is 29.6 Å². The molecule has 1 aromatic rings. The highest BCUT2D eigenvalue weighted by Crippen LogP contribution is 2.52. The SMILES string of the molecule is C#CCOc1cccc(C=NN2C(=O)[C@@H]3[C@H](C2=O)[C@H]2C=C[C@H]3C2)c1. The molecule has 4 rings (SSSR count). The monoisotopic (exact) mass is 320 g/mol. The molecule has 0 aromatic heterocycles. The van der Waals surface area contributed by atoms with Gasteiger partial charge in [-0.15, -0.1) is 6.42 Å². The van der Waals surface area contributed by atoms with Crippen LogP contribution in [0.5, 0.6) is 5.75 Å². The Morgan fingerprint density at radius 2 is 1.96 bits per heavy atom. The Morgan fingerprint density at radius 1 is 1.25 bits per heavy atom. The van der Waals surface area contributed by atoms with Gasteiger partial charge in [0.1, 0.15) is 12.4 Å². The van der Waals surface area contributed by atoms with Gasteiger partial charge < -0.3 is 4.74 Å². The van der Waals surface area contributed by atoms with E-state index in [1.807, 2.05) is 6.07 Å². The molecule has 3 aliphatic rings. The first-order valence-electron chi connectivity index (χ1n) is 7.95. The van der Waals surface area contributed by atoms with E-state index in [1.165, 1.54) is 6.21 Å². The minimum Gasteiger partial charge on any atom is -0.481 e. The molecule has 2 aliphatic carbocycles. The number of allylic oxidation sites excluding steroid dienone is 2. The number of nitrogens with zero attached hydrogens (tertiary/aromatic N) is 2. The fraction of sp³-hybridized carbons (Fsp3) is 0.316. The molecular weight excluding hydrogens is 304 g/mol. The number of hydrogen-bond acceptors (Lipinski definition) is 4. The number of ether oxygens (including phenoxy) is 1. The molecule has 2 amide bonds. The van der Waals surface area contributed by atoms with Crippen molar-refractivity contribution in [2.45, 2.75) is 6.42 Å². The first kappa shape index (κ1) is 14.7. The number of hydrazone groups is 1. The minimum absolute atomic E-state index is 0.183. The molecule has 0 spiro atoms. The average molecular weight is 320 g/mol. The number of terminal acetylenes is 1. The largest absolute Gasteiger partial charge is 0.481 e. The zero-order valence-corrected chi connectivity index (χ0v) is 13.0. The van der Waals surface area contributed by atoms with Crippen molar-refractivity contribution in [3.05, 3.63) is 42.0 Å². The molecular formula is C19H16N2O3. The normalized spacial score (nSPS) is 30.2. The first-order chi connectivity index (χ1) is 11.7. The van der Waals surface area contributed by atoms with Gasteiger partial charge in [-0.1, -0.05) is 30.2 Å². The van der Waals surface area contributed by atoms with Crippen molar-refractivity contribution in [3.8, 4) is 18.1 Å². The number of carbonyl (C=O) groups excluding carboxylic acids is 2. The van der Waals surface area contributed by atoms with Crippen LogP contribution in [0.15, 0.2) is 41.5 Å². The highest BCUT2D eigenvalue weighted by molar-refractivity contribution is 6.06. The molecule has 24 heavy (non-hydrogen) atoms. The van der Waals surface area contributed by atoms with Crippen LogP contribution in [0.1, 0.15) is 12.0 Å². The van der Waals surface area contributed by atoms with Gasteiger partial charge in [0.15, 0.2) is 0 Å². The van der Waals surface area contributed by atoms with E-state index in [9.17, 15) is 9.59 Å². The maximum absolute atomic E-state index is 12.5. The van der Waals surface area contributed by atoms with Crippen molar-refractivity contribution in [1.29, 1.82) is 0 Å². The molecule has 1 saturated heterocycles. The Balaban J connectivity index is 1.52. The van der Waals surface area contributed by atoms with Gasteiger partial charge in [-0.2, -0.15) is 10.1 Å². The zero-order valence-electron chi connectivity index (χ0n) is 13.0. The lowest BCUT2D eigenvalue weighted by Crippen LogP contribution is -2.28. The second kappa shape index (κ2) is 5.64. The van der Waals surface area contributed by atoms with E-state index in [1.54, 1.807) is 18.2 Å². The second-order valence-corrected chi connectivity index (χ2v) is 6.30. The van der Waals surface area contributed by atoms with Crippen LogP contribution >= 0.6 is 0 Å². The topological polar surface area (TPSA) is 59.0 Å². The van der Waals surface area contributed by atoms with Crippen molar-refractivity contribution in [1.82, 2.24) is 5.01 Å². The summed E-state index contributed by atoms with van der Waals surface area (Å²) >= 11 is 0. The Labute approximate surface area is 140 Å². The Kier molecular flexibility index (Phi) is 3.46. The predicted octanol–water partition coefficient (Wildman–Crippen LogP) is 1.84. The van der Waals surface area contributed by atoms with Gasteiger partial charge >= 0.3 is 0 Å². The summed E-state index contributed by atoms with van der Waals surface area (Å²) in [7, 11) is 0. The third-order valence-corrected chi connectivity index (χ3v) is 4.95. The maximum atomic E-state index is 12.5. The van der Waals surface area contributed by atoms with Crippen molar-refractivity contribution >= 4 is 18.0 Å². The highest BCUT2D eigenvalue weighted by Gasteiger charge is 2.59. The fourth-order valence-electron chi connectivity index (χ4n) is 3.93. The molecule has 1 heterocycles. The Morgan fingerprint density at radius 3 is 2.62 bits per heavy atom. The average Bonchev–Trinajstić information content (AvgIpc) is 3.26. The van der Waals surface area contributed by atoms with Crippen molar-refractivity contribution in [3.63, 3.8) is 0 Å². The van der Waals surface area contributed by atoms with Gasteiger partial charge in [-0.05, 0) is 36.0 Å². The predicted molar refractivity (Wildman–Crippen MR) is 87.9 cm³/mol. The van der Waals surface area contributed by atoms with Crippen LogP contribution in [0.2, 0.25) is 0 Å². The summed E-state index contributed by atoms with van der Waals surface area (Å²) in [6.45, 7) is 0.183. The van der Waals surface area contributed by atoms with Crippen LogP contribution in [-0.2, 0) is 9.59 Å².